The number of pyridine rings is 1. The molecule has 8 heteroatoms. The molecule has 0 fully saturated rings. The van der Waals surface area contributed by atoms with Gasteiger partial charge in [0.25, 0.3) is 5.65 Å². The van der Waals surface area contributed by atoms with Crippen molar-refractivity contribution in [2.24, 2.45) is 0 Å². The van der Waals surface area contributed by atoms with Gasteiger partial charge in [0.2, 0.25) is 5.75 Å². The average molecular weight is 231 g/mol. The van der Waals surface area contributed by atoms with Gasteiger partial charge >= 0.3 is 5.69 Å². The van der Waals surface area contributed by atoms with Crippen molar-refractivity contribution in [3.8, 4) is 5.75 Å². The molecule has 0 radical (unpaired) electrons. The second-order valence-corrected chi connectivity index (χ2v) is 3.39. The molecule has 3 aromatic rings. The molecular formula is C9H5N5O3. The molecule has 0 bridgehead atoms. The number of nitro groups is 1. The Labute approximate surface area is 93.2 Å². The van der Waals surface area contributed by atoms with E-state index >= 15 is 0 Å². The molecule has 2 aromatic heterocycles. The fourth-order valence-corrected chi connectivity index (χ4v) is 1.76. The van der Waals surface area contributed by atoms with Gasteiger partial charge in [-0.3, -0.25) is 10.1 Å². The number of hydrogen-bond donors (Lipinski definition) is 1. The van der Waals surface area contributed by atoms with Crippen molar-refractivity contribution in [2.75, 3.05) is 0 Å². The minimum atomic E-state index is -0.701. The minimum absolute atomic E-state index is 0.0776. The van der Waals surface area contributed by atoms with Crippen LogP contribution >= 0.6 is 0 Å². The van der Waals surface area contributed by atoms with Gasteiger partial charge in [-0.15, -0.1) is 5.10 Å². The molecular weight excluding hydrogens is 226 g/mol. The Morgan fingerprint density at radius 2 is 2.12 bits per heavy atom. The largest absolute Gasteiger partial charge is 0.502 e. The summed E-state index contributed by atoms with van der Waals surface area (Å²) in [5.74, 6) is -0.423. The van der Waals surface area contributed by atoms with Gasteiger partial charge in [-0.05, 0) is 22.6 Å². The first-order valence-corrected chi connectivity index (χ1v) is 4.66. The SMILES string of the molecule is O=[N+]([O-])c1c(O)c2ccccc2n2nnnc12. The molecule has 8 nitrogen and oxygen atoms in total. The lowest BCUT2D eigenvalue weighted by Gasteiger charge is -2.03. The predicted octanol–water partition coefficient (Wildman–Crippen LogP) is 0.891. The first-order chi connectivity index (χ1) is 8.20. The monoisotopic (exact) mass is 231 g/mol. The highest BCUT2D eigenvalue weighted by molar-refractivity contribution is 5.93. The minimum Gasteiger partial charge on any atom is -0.502 e. The third-order valence-corrected chi connectivity index (χ3v) is 2.48. The van der Waals surface area contributed by atoms with Gasteiger partial charge < -0.3 is 5.11 Å². The van der Waals surface area contributed by atoms with E-state index in [4.69, 9.17) is 0 Å². The standard InChI is InChI=1S/C9H5N5O3/c15-8-5-3-1-2-4-6(5)13-9(10-11-12-13)7(8)14(16)17/h1-4,15H. The Balaban J connectivity index is 2.65. The number of tetrazole rings is 1. The summed E-state index contributed by atoms with van der Waals surface area (Å²) >= 11 is 0. The lowest BCUT2D eigenvalue weighted by Crippen LogP contribution is -1.98. The molecule has 84 valence electrons. The summed E-state index contributed by atoms with van der Waals surface area (Å²) in [4.78, 5) is 10.2. The Morgan fingerprint density at radius 3 is 2.88 bits per heavy atom. The van der Waals surface area contributed by atoms with Crippen molar-refractivity contribution < 1.29 is 10.0 Å². The van der Waals surface area contributed by atoms with Gasteiger partial charge in [0, 0.05) is 5.39 Å². The fourth-order valence-electron chi connectivity index (χ4n) is 1.76. The Kier molecular flexibility index (Phi) is 1.73. The van der Waals surface area contributed by atoms with Crippen LogP contribution in [0.4, 0.5) is 5.69 Å². The van der Waals surface area contributed by atoms with Crippen molar-refractivity contribution in [1.82, 2.24) is 20.0 Å². The topological polar surface area (TPSA) is 106 Å². The quantitative estimate of drug-likeness (QED) is 0.492. The van der Waals surface area contributed by atoms with E-state index in [2.05, 4.69) is 15.5 Å². The van der Waals surface area contributed by atoms with Crippen LogP contribution in [0.3, 0.4) is 0 Å². The van der Waals surface area contributed by atoms with E-state index in [9.17, 15) is 15.2 Å². The zero-order chi connectivity index (χ0) is 12.0. The Hall–Kier alpha value is -2.77. The maximum absolute atomic E-state index is 10.9. The van der Waals surface area contributed by atoms with Crippen LogP contribution in [-0.2, 0) is 0 Å². The van der Waals surface area contributed by atoms with E-state index in [0.29, 0.717) is 10.9 Å². The smallest absolute Gasteiger partial charge is 0.357 e. The second kappa shape index (κ2) is 3.11. The summed E-state index contributed by atoms with van der Waals surface area (Å²) in [6.45, 7) is 0. The molecule has 0 aliphatic carbocycles. The highest BCUT2D eigenvalue weighted by atomic mass is 16.6. The van der Waals surface area contributed by atoms with Crippen molar-refractivity contribution in [2.45, 2.75) is 0 Å². The lowest BCUT2D eigenvalue weighted by atomic mass is 10.2. The van der Waals surface area contributed by atoms with Crippen LogP contribution in [0.5, 0.6) is 5.75 Å². The van der Waals surface area contributed by atoms with Gasteiger partial charge in [-0.25, -0.2) is 0 Å². The van der Waals surface area contributed by atoms with E-state index in [-0.39, 0.29) is 5.65 Å². The van der Waals surface area contributed by atoms with Gasteiger partial charge in [-0.2, -0.15) is 4.52 Å². The van der Waals surface area contributed by atoms with Crippen LogP contribution in [0.15, 0.2) is 24.3 Å². The normalized spacial score (nSPS) is 11.1. The first kappa shape index (κ1) is 9.46. The molecule has 0 saturated carbocycles. The molecule has 0 unspecified atom stereocenters. The number of aromatic hydroxyl groups is 1. The predicted molar refractivity (Wildman–Crippen MR) is 56.6 cm³/mol. The Morgan fingerprint density at radius 1 is 1.35 bits per heavy atom. The van der Waals surface area contributed by atoms with Gasteiger partial charge in [0.05, 0.1) is 10.4 Å². The maximum Gasteiger partial charge on any atom is 0.357 e. The van der Waals surface area contributed by atoms with E-state index in [0.717, 1.165) is 0 Å². The second-order valence-electron chi connectivity index (χ2n) is 3.39. The number of para-hydroxylation sites is 1. The van der Waals surface area contributed by atoms with E-state index in [1.165, 1.54) is 4.52 Å². The number of benzene rings is 1. The van der Waals surface area contributed by atoms with E-state index < -0.39 is 16.4 Å². The average Bonchev–Trinajstić information content (AvgIpc) is 2.78. The summed E-state index contributed by atoms with van der Waals surface area (Å²) in [6.07, 6.45) is 0. The van der Waals surface area contributed by atoms with Crippen molar-refractivity contribution in [3.63, 3.8) is 0 Å². The molecule has 2 heterocycles. The number of hydrogen-bond acceptors (Lipinski definition) is 6. The summed E-state index contributed by atoms with van der Waals surface area (Å²) in [5, 5.41) is 31.7. The number of aromatic nitrogens is 4. The molecule has 0 spiro atoms. The number of nitrogens with zero attached hydrogens (tertiary/aromatic N) is 5. The molecule has 0 saturated heterocycles. The summed E-state index contributed by atoms with van der Waals surface area (Å²) in [5.41, 5.74) is -0.0597. The molecule has 17 heavy (non-hydrogen) atoms. The third kappa shape index (κ3) is 1.14. The summed E-state index contributed by atoms with van der Waals surface area (Å²) in [6, 6.07) is 6.64. The van der Waals surface area contributed by atoms with Crippen LogP contribution in [0.2, 0.25) is 0 Å². The van der Waals surface area contributed by atoms with Crippen molar-refractivity contribution >= 4 is 22.2 Å². The van der Waals surface area contributed by atoms with Crippen LogP contribution in [0.25, 0.3) is 16.6 Å². The summed E-state index contributed by atoms with van der Waals surface area (Å²) in [7, 11) is 0. The van der Waals surface area contributed by atoms with Crippen molar-refractivity contribution in [1.29, 1.82) is 0 Å². The molecule has 0 aliphatic rings. The van der Waals surface area contributed by atoms with Crippen LogP contribution < -0.4 is 0 Å². The molecule has 0 amide bonds. The van der Waals surface area contributed by atoms with Gasteiger partial charge in [0.1, 0.15) is 0 Å². The third-order valence-electron chi connectivity index (χ3n) is 2.48. The highest BCUT2D eigenvalue weighted by Gasteiger charge is 2.25. The molecule has 1 N–H and O–H groups in total. The van der Waals surface area contributed by atoms with Gasteiger partial charge in [0.15, 0.2) is 0 Å². The lowest BCUT2D eigenvalue weighted by molar-refractivity contribution is -0.384. The molecule has 3 rings (SSSR count). The van der Waals surface area contributed by atoms with E-state index in [1.54, 1.807) is 24.3 Å². The highest BCUT2D eigenvalue weighted by Crippen LogP contribution is 2.36. The molecule has 0 aliphatic heterocycles. The molecule has 0 atom stereocenters. The van der Waals surface area contributed by atoms with E-state index in [1.807, 2.05) is 0 Å². The Bertz CT molecular complexity index is 751. The number of rotatable bonds is 1. The maximum atomic E-state index is 10.9. The first-order valence-electron chi connectivity index (χ1n) is 4.66. The van der Waals surface area contributed by atoms with Crippen molar-refractivity contribution in [3.05, 3.63) is 34.4 Å². The van der Waals surface area contributed by atoms with Gasteiger partial charge in [-0.1, -0.05) is 12.1 Å². The van der Waals surface area contributed by atoms with Crippen LogP contribution in [-0.4, -0.2) is 30.1 Å². The number of fused-ring (bicyclic) bond motifs is 3. The fraction of sp³-hybridized carbons (Fsp3) is 0. The van der Waals surface area contributed by atoms with Crippen LogP contribution in [0.1, 0.15) is 0 Å². The molecule has 1 aromatic carbocycles. The zero-order valence-corrected chi connectivity index (χ0v) is 8.31. The van der Waals surface area contributed by atoms with Crippen LogP contribution in [0, 0.1) is 10.1 Å². The zero-order valence-electron chi connectivity index (χ0n) is 8.31. The summed E-state index contributed by atoms with van der Waals surface area (Å²) < 4.78 is 1.23.